The Morgan fingerprint density at radius 2 is 2.05 bits per heavy atom. The van der Waals surface area contributed by atoms with Crippen LogP contribution in [0.3, 0.4) is 0 Å². The highest BCUT2D eigenvalue weighted by molar-refractivity contribution is 9.10. The molecule has 1 aromatic heterocycles. The maximum absolute atomic E-state index is 5.28. The Balaban J connectivity index is 2.10. The summed E-state index contributed by atoms with van der Waals surface area (Å²) in [4.78, 5) is 12.1. The lowest BCUT2D eigenvalue weighted by Gasteiger charge is -2.08. The van der Waals surface area contributed by atoms with Gasteiger partial charge in [-0.3, -0.25) is 5.43 Å². The van der Waals surface area contributed by atoms with Crippen LogP contribution >= 0.6 is 15.9 Å². The molecule has 0 spiro atoms. The van der Waals surface area contributed by atoms with Crippen LogP contribution in [-0.2, 0) is 6.54 Å². The van der Waals surface area contributed by atoms with Crippen molar-refractivity contribution in [2.75, 3.05) is 17.9 Å². The molecule has 2 rings (SSSR count). The number of hydrogen-bond donors (Lipinski definition) is 3. The van der Waals surface area contributed by atoms with Crippen molar-refractivity contribution < 1.29 is 4.74 Å². The number of nitrogens with one attached hydrogen (secondary N) is 2. The van der Waals surface area contributed by atoms with Crippen LogP contribution in [0.15, 0.2) is 28.7 Å². The molecule has 0 saturated carbocycles. The Bertz CT molecular complexity index is 542. The summed E-state index contributed by atoms with van der Waals surface area (Å²) in [5.41, 5.74) is 3.45. The van der Waals surface area contributed by atoms with Crippen molar-refractivity contribution in [3.63, 3.8) is 0 Å². The van der Waals surface area contributed by atoms with E-state index in [-0.39, 0.29) is 12.0 Å². The van der Waals surface area contributed by atoms with Crippen LogP contribution < -0.4 is 21.3 Å². The van der Waals surface area contributed by atoms with E-state index >= 15 is 0 Å². The molecule has 0 fully saturated rings. The van der Waals surface area contributed by atoms with Crippen LogP contribution in [-0.4, -0.2) is 22.1 Å². The van der Waals surface area contributed by atoms with Gasteiger partial charge in [-0.05, 0) is 17.7 Å². The lowest BCUT2D eigenvalue weighted by atomic mass is 10.2. The molecule has 0 radical (unpaired) electrons. The Morgan fingerprint density at radius 3 is 2.74 bits per heavy atom. The molecule has 0 aliphatic heterocycles. The van der Waals surface area contributed by atoms with Gasteiger partial charge in [-0.25, -0.2) is 5.84 Å². The fourth-order valence-electron chi connectivity index (χ4n) is 1.42. The van der Waals surface area contributed by atoms with Crippen molar-refractivity contribution in [1.29, 1.82) is 0 Å². The molecule has 1 heterocycles. The average molecular weight is 325 g/mol. The molecule has 7 nitrogen and oxygen atoms in total. The number of hydrazine groups is 1. The molecular weight excluding hydrogens is 312 g/mol. The van der Waals surface area contributed by atoms with Crippen molar-refractivity contribution in [1.82, 2.24) is 15.0 Å². The van der Waals surface area contributed by atoms with E-state index < -0.39 is 0 Å². The first-order valence-corrected chi connectivity index (χ1v) is 6.25. The highest BCUT2D eigenvalue weighted by Crippen LogP contribution is 2.14. The second kappa shape index (κ2) is 6.30. The Labute approximate surface area is 118 Å². The monoisotopic (exact) mass is 324 g/mol. The van der Waals surface area contributed by atoms with Gasteiger partial charge in [0, 0.05) is 11.0 Å². The van der Waals surface area contributed by atoms with Gasteiger partial charge in [0.1, 0.15) is 0 Å². The quantitative estimate of drug-likeness (QED) is 0.566. The summed E-state index contributed by atoms with van der Waals surface area (Å²) in [7, 11) is 1.48. The molecular formula is C11H13BrN6O. The summed E-state index contributed by atoms with van der Waals surface area (Å²) >= 11 is 3.42. The van der Waals surface area contributed by atoms with E-state index in [1.807, 2.05) is 24.3 Å². The van der Waals surface area contributed by atoms with Crippen molar-refractivity contribution in [2.45, 2.75) is 6.54 Å². The second-order valence-corrected chi connectivity index (χ2v) is 4.51. The SMILES string of the molecule is COc1nc(NN)nc(NCc2cccc(Br)c2)n1. The minimum atomic E-state index is 0.194. The van der Waals surface area contributed by atoms with Gasteiger partial charge in [-0.2, -0.15) is 15.0 Å². The zero-order valence-electron chi connectivity index (χ0n) is 10.2. The van der Waals surface area contributed by atoms with Crippen molar-refractivity contribution in [3.05, 3.63) is 34.3 Å². The first kappa shape index (κ1) is 13.5. The Kier molecular flexibility index (Phi) is 4.48. The van der Waals surface area contributed by atoms with Gasteiger partial charge in [0.05, 0.1) is 7.11 Å². The average Bonchev–Trinajstić information content (AvgIpc) is 2.44. The highest BCUT2D eigenvalue weighted by atomic mass is 79.9. The van der Waals surface area contributed by atoms with Crippen molar-refractivity contribution in [3.8, 4) is 6.01 Å². The number of halogens is 1. The van der Waals surface area contributed by atoms with Crippen LogP contribution in [0.1, 0.15) is 5.56 Å². The number of nitrogen functional groups attached to an aromatic ring is 1. The summed E-state index contributed by atoms with van der Waals surface area (Å²) in [5.74, 6) is 5.91. The van der Waals surface area contributed by atoms with Gasteiger partial charge in [0.2, 0.25) is 11.9 Å². The lowest BCUT2D eigenvalue weighted by molar-refractivity contribution is 0.379. The molecule has 2 aromatic rings. The maximum Gasteiger partial charge on any atom is 0.322 e. The largest absolute Gasteiger partial charge is 0.467 e. The molecule has 8 heteroatoms. The van der Waals surface area contributed by atoms with E-state index in [1.165, 1.54) is 7.11 Å². The van der Waals surface area contributed by atoms with E-state index in [4.69, 9.17) is 10.6 Å². The molecule has 0 atom stereocenters. The van der Waals surface area contributed by atoms with Crippen LogP contribution in [0.4, 0.5) is 11.9 Å². The van der Waals surface area contributed by atoms with Gasteiger partial charge in [-0.15, -0.1) is 0 Å². The van der Waals surface area contributed by atoms with Gasteiger partial charge >= 0.3 is 6.01 Å². The predicted molar refractivity (Wildman–Crippen MR) is 75.7 cm³/mol. The second-order valence-electron chi connectivity index (χ2n) is 3.60. The Hall–Kier alpha value is -1.93. The van der Waals surface area contributed by atoms with Crippen molar-refractivity contribution in [2.24, 2.45) is 5.84 Å². The summed E-state index contributed by atoms with van der Waals surface area (Å²) in [5, 5.41) is 3.08. The zero-order valence-corrected chi connectivity index (χ0v) is 11.8. The van der Waals surface area contributed by atoms with Crippen LogP contribution in [0.5, 0.6) is 6.01 Å². The summed E-state index contributed by atoms with van der Waals surface area (Å²) in [6.07, 6.45) is 0. The fourth-order valence-corrected chi connectivity index (χ4v) is 1.87. The lowest BCUT2D eigenvalue weighted by Crippen LogP contribution is -2.14. The molecule has 0 aliphatic carbocycles. The first-order valence-electron chi connectivity index (χ1n) is 5.46. The van der Waals surface area contributed by atoms with Crippen LogP contribution in [0.2, 0.25) is 0 Å². The van der Waals surface area contributed by atoms with Crippen LogP contribution in [0, 0.1) is 0 Å². The summed E-state index contributed by atoms with van der Waals surface area (Å²) in [6.45, 7) is 0.580. The van der Waals surface area contributed by atoms with E-state index in [1.54, 1.807) is 0 Å². The molecule has 0 unspecified atom stereocenters. The summed E-state index contributed by atoms with van der Waals surface area (Å²) < 4.78 is 5.98. The number of aromatic nitrogens is 3. The molecule has 0 aliphatic rings. The molecule has 4 N–H and O–H groups in total. The minimum absolute atomic E-state index is 0.194. The highest BCUT2D eigenvalue weighted by Gasteiger charge is 2.05. The number of nitrogens with zero attached hydrogens (tertiary/aromatic N) is 3. The number of rotatable bonds is 5. The standard InChI is InChI=1S/C11H13BrN6O/c1-19-11-16-9(15-10(17-11)18-13)14-6-7-3-2-4-8(12)5-7/h2-5H,6,13H2,1H3,(H2,14,15,16,17,18). The number of benzene rings is 1. The van der Waals surface area contributed by atoms with E-state index in [9.17, 15) is 0 Å². The van der Waals surface area contributed by atoms with E-state index in [2.05, 4.69) is 41.6 Å². The molecule has 19 heavy (non-hydrogen) atoms. The number of nitrogens with two attached hydrogens (primary N) is 1. The third-order valence-electron chi connectivity index (χ3n) is 2.27. The minimum Gasteiger partial charge on any atom is -0.467 e. The number of anilines is 2. The van der Waals surface area contributed by atoms with Crippen LogP contribution in [0.25, 0.3) is 0 Å². The van der Waals surface area contributed by atoms with Gasteiger partial charge in [0.25, 0.3) is 0 Å². The van der Waals surface area contributed by atoms with E-state index in [0.29, 0.717) is 12.5 Å². The number of methoxy groups -OCH3 is 1. The third kappa shape index (κ3) is 3.76. The van der Waals surface area contributed by atoms with Gasteiger partial charge in [-0.1, -0.05) is 28.1 Å². The van der Waals surface area contributed by atoms with Gasteiger partial charge < -0.3 is 10.1 Å². The first-order chi connectivity index (χ1) is 9.21. The third-order valence-corrected chi connectivity index (χ3v) is 2.76. The van der Waals surface area contributed by atoms with E-state index in [0.717, 1.165) is 10.0 Å². The normalized spacial score (nSPS) is 10.1. The fraction of sp³-hybridized carbons (Fsp3) is 0.182. The summed E-state index contributed by atoms with van der Waals surface area (Å²) in [6, 6.07) is 8.12. The van der Waals surface area contributed by atoms with Gasteiger partial charge in [0.15, 0.2) is 0 Å². The number of hydrogen-bond acceptors (Lipinski definition) is 7. The predicted octanol–water partition coefficient (Wildman–Crippen LogP) is 1.54. The molecule has 1 aromatic carbocycles. The number of ether oxygens (including phenoxy) is 1. The smallest absolute Gasteiger partial charge is 0.322 e. The topological polar surface area (TPSA) is 98.0 Å². The molecule has 0 bridgehead atoms. The molecule has 0 amide bonds. The Morgan fingerprint density at radius 1 is 1.26 bits per heavy atom. The zero-order chi connectivity index (χ0) is 13.7. The van der Waals surface area contributed by atoms with Crippen molar-refractivity contribution >= 4 is 27.8 Å². The maximum atomic E-state index is 5.28. The molecule has 100 valence electrons. The molecule has 0 saturated heterocycles.